The van der Waals surface area contributed by atoms with Gasteiger partial charge in [-0.05, 0) is 66.6 Å². The number of ether oxygens (including phenoxy) is 1. The minimum Gasteiger partial charge on any atom is -0.444 e. The molecule has 0 radical (unpaired) electrons. The molecule has 0 bridgehead atoms. The lowest BCUT2D eigenvalue weighted by Gasteiger charge is -2.41. The van der Waals surface area contributed by atoms with Crippen molar-refractivity contribution in [1.82, 2.24) is 15.1 Å². The Kier molecular flexibility index (Phi) is 5.49. The molecule has 21 heavy (non-hydrogen) atoms. The van der Waals surface area contributed by atoms with Gasteiger partial charge < -0.3 is 19.9 Å². The van der Waals surface area contributed by atoms with Gasteiger partial charge in [0.15, 0.2) is 0 Å². The van der Waals surface area contributed by atoms with Crippen molar-refractivity contribution >= 4 is 6.09 Å². The smallest absolute Gasteiger partial charge is 0.410 e. The molecule has 2 heterocycles. The first-order valence-corrected chi connectivity index (χ1v) is 8.27. The Bertz CT molecular complexity index is 340. The van der Waals surface area contributed by atoms with E-state index in [9.17, 15) is 4.79 Å². The van der Waals surface area contributed by atoms with Gasteiger partial charge in [0.25, 0.3) is 0 Å². The molecule has 0 spiro atoms. The van der Waals surface area contributed by atoms with Crippen LogP contribution in [0.1, 0.15) is 46.5 Å². The number of hydrogen-bond donors (Lipinski definition) is 1. The van der Waals surface area contributed by atoms with Crippen LogP contribution in [0.5, 0.6) is 0 Å². The van der Waals surface area contributed by atoms with Gasteiger partial charge in [-0.3, -0.25) is 0 Å². The van der Waals surface area contributed by atoms with E-state index in [4.69, 9.17) is 4.74 Å². The third kappa shape index (κ3) is 4.85. The highest BCUT2D eigenvalue weighted by Crippen LogP contribution is 2.22. The summed E-state index contributed by atoms with van der Waals surface area (Å²) in [6, 6.07) is 1.30. The van der Waals surface area contributed by atoms with Gasteiger partial charge >= 0.3 is 6.09 Å². The Labute approximate surface area is 129 Å². The lowest BCUT2D eigenvalue weighted by Crippen LogP contribution is -2.51. The van der Waals surface area contributed by atoms with E-state index in [1.807, 2.05) is 25.7 Å². The second-order valence-electron chi connectivity index (χ2n) is 7.35. The molecule has 0 aromatic carbocycles. The third-order valence-corrected chi connectivity index (χ3v) is 4.58. The van der Waals surface area contributed by atoms with Crippen LogP contribution in [0.3, 0.4) is 0 Å². The Morgan fingerprint density at radius 2 is 1.62 bits per heavy atom. The van der Waals surface area contributed by atoms with Crippen LogP contribution in [-0.4, -0.2) is 66.8 Å². The van der Waals surface area contributed by atoms with E-state index >= 15 is 0 Å². The highest BCUT2D eigenvalue weighted by molar-refractivity contribution is 5.68. The summed E-state index contributed by atoms with van der Waals surface area (Å²) in [6.45, 7) is 9.65. The second-order valence-corrected chi connectivity index (χ2v) is 7.35. The fourth-order valence-electron chi connectivity index (χ4n) is 3.29. The van der Waals surface area contributed by atoms with E-state index < -0.39 is 5.60 Å². The van der Waals surface area contributed by atoms with Gasteiger partial charge in [-0.2, -0.15) is 0 Å². The van der Waals surface area contributed by atoms with Crippen molar-refractivity contribution in [2.24, 2.45) is 0 Å². The predicted octanol–water partition coefficient (Wildman–Crippen LogP) is 2.07. The first-order valence-electron chi connectivity index (χ1n) is 8.27. The van der Waals surface area contributed by atoms with Gasteiger partial charge in [0.2, 0.25) is 0 Å². The van der Waals surface area contributed by atoms with E-state index in [-0.39, 0.29) is 6.09 Å². The molecule has 1 N–H and O–H groups in total. The minimum atomic E-state index is -0.403. The highest BCUT2D eigenvalue weighted by atomic mass is 16.6. The second kappa shape index (κ2) is 6.97. The Morgan fingerprint density at radius 1 is 1.10 bits per heavy atom. The van der Waals surface area contributed by atoms with Crippen LogP contribution in [0.4, 0.5) is 4.79 Å². The summed E-state index contributed by atoms with van der Waals surface area (Å²) in [6.07, 6.45) is 4.43. The molecule has 2 saturated heterocycles. The van der Waals surface area contributed by atoms with Gasteiger partial charge in [0.1, 0.15) is 5.60 Å². The summed E-state index contributed by atoms with van der Waals surface area (Å²) in [5.74, 6) is 0. The summed E-state index contributed by atoms with van der Waals surface area (Å²) in [5, 5.41) is 3.42. The van der Waals surface area contributed by atoms with Crippen molar-refractivity contribution in [3.8, 4) is 0 Å². The number of likely N-dealkylation sites (tertiary alicyclic amines) is 1. The average molecular weight is 297 g/mol. The summed E-state index contributed by atoms with van der Waals surface area (Å²) < 4.78 is 5.45. The summed E-state index contributed by atoms with van der Waals surface area (Å²) in [7, 11) is 2.25. The maximum Gasteiger partial charge on any atom is 0.410 e. The van der Waals surface area contributed by atoms with Crippen LogP contribution in [0.25, 0.3) is 0 Å². The van der Waals surface area contributed by atoms with Crippen LogP contribution < -0.4 is 5.32 Å². The molecule has 2 rings (SSSR count). The van der Waals surface area contributed by atoms with Gasteiger partial charge in [0, 0.05) is 25.2 Å². The molecule has 0 atom stereocenters. The minimum absolute atomic E-state index is 0.162. The van der Waals surface area contributed by atoms with Crippen molar-refractivity contribution < 1.29 is 9.53 Å². The molecule has 0 unspecified atom stereocenters. The molecule has 5 nitrogen and oxygen atoms in total. The van der Waals surface area contributed by atoms with Gasteiger partial charge in [-0.1, -0.05) is 0 Å². The quantitative estimate of drug-likeness (QED) is 0.847. The van der Waals surface area contributed by atoms with Crippen molar-refractivity contribution in [3.63, 3.8) is 0 Å². The van der Waals surface area contributed by atoms with Crippen LogP contribution >= 0.6 is 0 Å². The van der Waals surface area contributed by atoms with Crippen LogP contribution in [0.2, 0.25) is 0 Å². The number of nitrogens with zero attached hydrogens (tertiary/aromatic N) is 2. The molecule has 2 fully saturated rings. The molecule has 0 saturated carbocycles. The largest absolute Gasteiger partial charge is 0.444 e. The third-order valence-electron chi connectivity index (χ3n) is 4.58. The zero-order valence-corrected chi connectivity index (χ0v) is 14.0. The zero-order valence-electron chi connectivity index (χ0n) is 14.0. The van der Waals surface area contributed by atoms with E-state index in [1.165, 1.54) is 12.8 Å². The normalized spacial score (nSPS) is 22.6. The Balaban J connectivity index is 1.78. The predicted molar refractivity (Wildman–Crippen MR) is 84.5 cm³/mol. The molecule has 0 aromatic heterocycles. The van der Waals surface area contributed by atoms with Crippen molar-refractivity contribution in [3.05, 3.63) is 0 Å². The van der Waals surface area contributed by atoms with Crippen LogP contribution in [0.15, 0.2) is 0 Å². The summed E-state index contributed by atoms with van der Waals surface area (Å²) in [4.78, 5) is 16.5. The van der Waals surface area contributed by atoms with Gasteiger partial charge in [0.05, 0.1) is 0 Å². The number of carbonyl (C=O) groups is 1. The van der Waals surface area contributed by atoms with Crippen molar-refractivity contribution in [2.45, 2.75) is 64.1 Å². The Hall–Kier alpha value is -0.810. The lowest BCUT2D eigenvalue weighted by molar-refractivity contribution is 0.0123. The molecule has 0 aliphatic carbocycles. The van der Waals surface area contributed by atoms with E-state index in [1.54, 1.807) is 0 Å². The van der Waals surface area contributed by atoms with Gasteiger partial charge in [-0.15, -0.1) is 0 Å². The molecule has 1 amide bonds. The first kappa shape index (κ1) is 16.6. The number of hydrogen-bond acceptors (Lipinski definition) is 4. The summed E-state index contributed by atoms with van der Waals surface area (Å²) in [5.41, 5.74) is -0.403. The number of carbonyl (C=O) groups excluding carboxylic acids is 1. The van der Waals surface area contributed by atoms with E-state index in [0.717, 1.165) is 39.0 Å². The van der Waals surface area contributed by atoms with Crippen LogP contribution in [-0.2, 0) is 4.74 Å². The molecular formula is C16H31N3O2. The van der Waals surface area contributed by atoms with E-state index in [0.29, 0.717) is 12.1 Å². The average Bonchev–Trinajstić information content (AvgIpc) is 2.46. The van der Waals surface area contributed by atoms with Crippen LogP contribution in [0, 0.1) is 0 Å². The highest BCUT2D eigenvalue weighted by Gasteiger charge is 2.31. The molecule has 0 aromatic rings. The number of amides is 1. The first-order chi connectivity index (χ1) is 9.87. The summed E-state index contributed by atoms with van der Waals surface area (Å²) >= 11 is 0. The maximum absolute atomic E-state index is 12.1. The molecular weight excluding hydrogens is 266 g/mol. The monoisotopic (exact) mass is 297 g/mol. The Morgan fingerprint density at radius 3 is 2.14 bits per heavy atom. The van der Waals surface area contributed by atoms with Gasteiger partial charge in [-0.25, -0.2) is 4.79 Å². The lowest BCUT2D eigenvalue weighted by atomic mass is 9.98. The van der Waals surface area contributed by atoms with Crippen molar-refractivity contribution in [1.29, 1.82) is 0 Å². The fraction of sp³-hybridized carbons (Fsp3) is 0.938. The molecule has 2 aliphatic rings. The molecule has 2 aliphatic heterocycles. The molecule has 5 heteroatoms. The number of nitrogens with one attached hydrogen (secondary N) is 1. The standard InChI is InChI=1S/C16H31N3O2/c1-16(2,3)21-15(20)19-11-7-14(8-12-19)18(4)13-5-9-17-10-6-13/h13-14,17H,5-12H2,1-4H3. The number of rotatable bonds is 2. The van der Waals surface area contributed by atoms with E-state index in [2.05, 4.69) is 17.3 Å². The zero-order chi connectivity index (χ0) is 15.5. The van der Waals surface area contributed by atoms with Crippen molar-refractivity contribution in [2.75, 3.05) is 33.2 Å². The fourth-order valence-corrected chi connectivity index (χ4v) is 3.29. The SMILES string of the molecule is CN(C1CCNCC1)C1CCN(C(=O)OC(C)(C)C)CC1. The molecule has 122 valence electrons. The number of piperidine rings is 2. The maximum atomic E-state index is 12.1. The topological polar surface area (TPSA) is 44.8 Å².